The van der Waals surface area contributed by atoms with Crippen LogP contribution < -0.4 is 18.5 Å². The molecule has 3 aliphatic rings. The molecule has 0 spiro atoms. The number of likely N-dealkylation sites (tertiary alicyclic amines) is 1. The minimum atomic E-state index is -4.64. The van der Waals surface area contributed by atoms with Crippen LogP contribution in [0.4, 0.5) is 10.5 Å². The van der Waals surface area contributed by atoms with Gasteiger partial charge in [0.25, 0.3) is 15.9 Å². The summed E-state index contributed by atoms with van der Waals surface area (Å²) >= 11 is 0. The van der Waals surface area contributed by atoms with E-state index in [2.05, 4.69) is 16.8 Å². The molecular formula is C38H48N4O8S. The maximum atomic E-state index is 15.3. The molecule has 3 aromatic carbocycles. The number of methoxy groups -OCH3 is 2. The van der Waals surface area contributed by atoms with E-state index in [4.69, 9.17) is 18.9 Å². The van der Waals surface area contributed by atoms with E-state index in [1.807, 2.05) is 20.8 Å². The van der Waals surface area contributed by atoms with E-state index >= 15 is 4.79 Å². The maximum Gasteiger partial charge on any atom is 0.411 e. The first-order valence-electron chi connectivity index (χ1n) is 17.5. The summed E-state index contributed by atoms with van der Waals surface area (Å²) in [5.74, 6) is -0.266. The number of benzene rings is 3. The fraction of sp³-hybridized carbons (Fsp3) is 0.474. The van der Waals surface area contributed by atoms with Crippen LogP contribution in [0.5, 0.6) is 17.2 Å². The molecule has 1 atom stereocenters. The Labute approximate surface area is 300 Å². The number of hydrogen-bond acceptors (Lipinski definition) is 10. The molecule has 2 fully saturated rings. The summed E-state index contributed by atoms with van der Waals surface area (Å²) in [5, 5.41) is 0. The van der Waals surface area contributed by atoms with Gasteiger partial charge in [0.15, 0.2) is 0 Å². The number of anilines is 1. The first-order chi connectivity index (χ1) is 24.5. The number of hydrogen-bond donors (Lipinski definition) is 0. The number of rotatable bonds is 10. The number of ether oxygens (including phenoxy) is 4. The van der Waals surface area contributed by atoms with Crippen LogP contribution in [0.25, 0.3) is 0 Å². The molecule has 0 aliphatic carbocycles. The molecule has 0 saturated carbocycles. The second kappa shape index (κ2) is 14.7. The van der Waals surface area contributed by atoms with Crippen LogP contribution in [-0.4, -0.2) is 108 Å². The van der Waals surface area contributed by atoms with Gasteiger partial charge in [0, 0.05) is 43.9 Å². The van der Waals surface area contributed by atoms with Gasteiger partial charge in [-0.1, -0.05) is 38.1 Å². The lowest BCUT2D eigenvalue weighted by Gasteiger charge is -2.42. The molecule has 1 unspecified atom stereocenters. The minimum absolute atomic E-state index is 0.00538. The van der Waals surface area contributed by atoms with Gasteiger partial charge >= 0.3 is 6.09 Å². The number of fused-ring (bicyclic) bond motifs is 1. The molecule has 3 aromatic rings. The predicted molar refractivity (Wildman–Crippen MR) is 193 cm³/mol. The van der Waals surface area contributed by atoms with Gasteiger partial charge in [-0.3, -0.25) is 9.69 Å². The van der Waals surface area contributed by atoms with Gasteiger partial charge in [-0.15, -0.1) is 0 Å². The summed E-state index contributed by atoms with van der Waals surface area (Å²) in [6, 6.07) is 16.7. The van der Waals surface area contributed by atoms with Crippen molar-refractivity contribution in [3.8, 4) is 17.2 Å². The highest BCUT2D eigenvalue weighted by Gasteiger charge is 2.61. The molecule has 274 valence electrons. The fourth-order valence-electron chi connectivity index (χ4n) is 7.34. The van der Waals surface area contributed by atoms with E-state index in [0.29, 0.717) is 43.7 Å². The Balaban J connectivity index is 1.47. The van der Waals surface area contributed by atoms with Crippen LogP contribution >= 0.6 is 0 Å². The Morgan fingerprint density at radius 3 is 2.24 bits per heavy atom. The first kappa shape index (κ1) is 36.5. The lowest BCUT2D eigenvalue weighted by Crippen LogP contribution is -2.55. The van der Waals surface area contributed by atoms with E-state index in [0.717, 1.165) is 35.8 Å². The van der Waals surface area contributed by atoms with Gasteiger partial charge in [-0.05, 0) is 81.7 Å². The smallest absolute Gasteiger partial charge is 0.411 e. The summed E-state index contributed by atoms with van der Waals surface area (Å²) in [5.41, 5.74) is -0.810. The van der Waals surface area contributed by atoms with Crippen LogP contribution in [-0.2, 0) is 25.2 Å². The van der Waals surface area contributed by atoms with Crippen LogP contribution in [0.3, 0.4) is 0 Å². The zero-order chi connectivity index (χ0) is 36.5. The largest absolute Gasteiger partial charge is 0.497 e. The maximum absolute atomic E-state index is 15.3. The summed E-state index contributed by atoms with van der Waals surface area (Å²) in [7, 11) is 0.299. The van der Waals surface area contributed by atoms with Crippen molar-refractivity contribution >= 4 is 27.7 Å². The zero-order valence-electron chi connectivity index (χ0n) is 30.3. The fourth-order valence-corrected chi connectivity index (χ4v) is 8.94. The molecule has 51 heavy (non-hydrogen) atoms. The van der Waals surface area contributed by atoms with Crippen molar-refractivity contribution in [1.29, 1.82) is 0 Å². The number of amides is 2. The molecule has 0 N–H and O–H groups in total. The standard InChI is InChI=1S/C38H48N4O8S/c1-7-49-33-11-9-8-10-30(33)38(50-37(44)41-22-20-40(21-23-41)28-16-18-39(4)19-17-28)31-24-27(26(2)3)12-14-32(31)42(36(38)43)51(45,46)35-15-13-29(47-5)25-34(35)48-6/h8-15,24-26,28H,7,16-23H2,1-6H3. The number of carbonyl (C=O) groups is 2. The third-order valence-electron chi connectivity index (χ3n) is 10.2. The SMILES string of the molecule is CCOc1ccccc1C1(OC(=O)N2CCN(C3CCN(C)CC3)CC2)C(=O)N(S(=O)(=O)c2ccc(OC)cc2OC)c2ccc(C(C)C)cc21. The van der Waals surface area contributed by atoms with Gasteiger partial charge in [-0.25, -0.2) is 13.2 Å². The van der Waals surface area contributed by atoms with E-state index in [-0.39, 0.29) is 40.0 Å². The second-order valence-corrected chi connectivity index (χ2v) is 15.3. The van der Waals surface area contributed by atoms with Crippen LogP contribution in [0.1, 0.15) is 56.2 Å². The molecule has 2 saturated heterocycles. The molecule has 3 aliphatic heterocycles. The molecule has 12 nitrogen and oxygen atoms in total. The van der Waals surface area contributed by atoms with E-state index in [1.165, 1.54) is 32.4 Å². The lowest BCUT2D eigenvalue weighted by molar-refractivity contribution is -0.132. The van der Waals surface area contributed by atoms with E-state index in [9.17, 15) is 13.2 Å². The number of sulfonamides is 1. The molecule has 0 bridgehead atoms. The topological polar surface area (TPSA) is 118 Å². The van der Waals surface area contributed by atoms with Crippen molar-refractivity contribution in [2.45, 2.75) is 56.1 Å². The van der Waals surface area contributed by atoms with E-state index in [1.54, 1.807) is 47.4 Å². The monoisotopic (exact) mass is 720 g/mol. The Bertz CT molecular complexity index is 1870. The van der Waals surface area contributed by atoms with Gasteiger partial charge in [-0.2, -0.15) is 4.31 Å². The summed E-state index contributed by atoms with van der Waals surface area (Å²) in [6.07, 6.45) is 1.44. The summed E-state index contributed by atoms with van der Waals surface area (Å²) < 4.78 is 53.5. The number of para-hydroxylation sites is 1. The van der Waals surface area contributed by atoms with Crippen LogP contribution in [0, 0.1) is 0 Å². The molecule has 2 amide bonds. The van der Waals surface area contributed by atoms with Crippen molar-refractivity contribution < 1.29 is 37.0 Å². The highest BCUT2D eigenvalue weighted by molar-refractivity contribution is 7.93. The molecule has 0 aromatic heterocycles. The molecule has 3 heterocycles. The highest BCUT2D eigenvalue weighted by Crippen LogP contribution is 2.53. The average molecular weight is 721 g/mol. The summed E-state index contributed by atoms with van der Waals surface area (Å²) in [6.45, 7) is 10.3. The highest BCUT2D eigenvalue weighted by atomic mass is 32.2. The van der Waals surface area contributed by atoms with Gasteiger partial charge in [0.1, 0.15) is 22.1 Å². The number of piperidine rings is 1. The molecule has 6 rings (SSSR count). The normalized spacial score (nSPS) is 20.4. The summed E-state index contributed by atoms with van der Waals surface area (Å²) in [4.78, 5) is 35.8. The van der Waals surface area contributed by atoms with Gasteiger partial charge in [0.05, 0.1) is 32.1 Å². The van der Waals surface area contributed by atoms with Gasteiger partial charge in [0.2, 0.25) is 5.60 Å². The van der Waals surface area contributed by atoms with Crippen LogP contribution in [0.2, 0.25) is 0 Å². The minimum Gasteiger partial charge on any atom is -0.497 e. The Morgan fingerprint density at radius 1 is 0.882 bits per heavy atom. The van der Waals surface area contributed by atoms with Gasteiger partial charge < -0.3 is 28.7 Å². The Kier molecular flexibility index (Phi) is 10.5. The van der Waals surface area contributed by atoms with Crippen molar-refractivity contribution in [2.24, 2.45) is 0 Å². The quantitative estimate of drug-likeness (QED) is 0.282. The predicted octanol–water partition coefficient (Wildman–Crippen LogP) is 5.05. The molecular weight excluding hydrogens is 673 g/mol. The number of piperazine rings is 1. The first-order valence-corrected chi connectivity index (χ1v) is 19.0. The molecule has 13 heteroatoms. The van der Waals surface area contributed by atoms with Crippen molar-refractivity contribution in [2.75, 3.05) is 71.4 Å². The Morgan fingerprint density at radius 2 is 1.59 bits per heavy atom. The van der Waals surface area contributed by atoms with E-state index < -0.39 is 27.6 Å². The van der Waals surface area contributed by atoms with Crippen molar-refractivity contribution in [3.63, 3.8) is 0 Å². The lowest BCUT2D eigenvalue weighted by atomic mass is 9.84. The van der Waals surface area contributed by atoms with Crippen molar-refractivity contribution in [1.82, 2.24) is 14.7 Å². The Hall–Kier alpha value is -4.33. The van der Waals surface area contributed by atoms with Crippen molar-refractivity contribution in [3.05, 3.63) is 77.4 Å². The zero-order valence-corrected chi connectivity index (χ0v) is 31.1. The third-order valence-corrected chi connectivity index (χ3v) is 12.0. The molecule has 0 radical (unpaired) electrons. The number of carbonyl (C=O) groups excluding carboxylic acids is 2. The average Bonchev–Trinajstić information content (AvgIpc) is 3.39. The second-order valence-electron chi connectivity index (χ2n) is 13.6. The number of nitrogens with zero attached hydrogens (tertiary/aromatic N) is 4. The van der Waals surface area contributed by atoms with Crippen LogP contribution in [0.15, 0.2) is 65.6 Å². The third kappa shape index (κ3) is 6.62.